The van der Waals surface area contributed by atoms with Crippen LogP contribution in [0.1, 0.15) is 11.1 Å². The third kappa shape index (κ3) is 3.94. The summed E-state index contributed by atoms with van der Waals surface area (Å²) in [5, 5.41) is -0.286. The topological polar surface area (TPSA) is 55.8 Å². The third-order valence-corrected chi connectivity index (χ3v) is 5.29. The molecule has 0 radical (unpaired) electrons. The third-order valence-electron chi connectivity index (χ3n) is 3.85. The Kier molecular flexibility index (Phi) is 5.68. The van der Waals surface area contributed by atoms with Gasteiger partial charge in [-0.3, -0.25) is 14.5 Å². The van der Waals surface area contributed by atoms with Crippen molar-refractivity contribution in [2.75, 3.05) is 14.2 Å². The maximum Gasteiger partial charge on any atom is 0.293 e. The minimum atomic E-state index is -0.312. The lowest BCUT2D eigenvalue weighted by molar-refractivity contribution is -0.123. The molecule has 0 saturated carbocycles. The highest BCUT2D eigenvalue weighted by Crippen LogP contribution is 2.35. The normalized spacial score (nSPS) is 15.7. The summed E-state index contributed by atoms with van der Waals surface area (Å²) in [6.07, 6.45) is 1.66. The first kappa shape index (κ1) is 18.5. The van der Waals surface area contributed by atoms with Crippen LogP contribution in [0.3, 0.4) is 0 Å². The number of halogens is 1. The predicted molar refractivity (Wildman–Crippen MR) is 105 cm³/mol. The Bertz CT molecular complexity index is 880. The van der Waals surface area contributed by atoms with E-state index in [9.17, 15) is 9.59 Å². The van der Waals surface area contributed by atoms with Crippen LogP contribution in [0.25, 0.3) is 6.08 Å². The molecule has 1 fully saturated rings. The molecule has 1 aliphatic heterocycles. The summed E-state index contributed by atoms with van der Waals surface area (Å²) in [5.74, 6) is 0.935. The van der Waals surface area contributed by atoms with E-state index in [1.165, 1.54) is 4.90 Å². The molecule has 0 atom stereocenters. The molecule has 0 spiro atoms. The summed E-state index contributed by atoms with van der Waals surface area (Å²) < 4.78 is 11.5. The first-order chi connectivity index (χ1) is 12.5. The van der Waals surface area contributed by atoms with Crippen LogP contribution in [-0.4, -0.2) is 30.3 Å². The van der Waals surface area contributed by atoms with Gasteiger partial charge in [0.25, 0.3) is 11.1 Å². The molecule has 7 heteroatoms. The number of rotatable bonds is 5. The van der Waals surface area contributed by atoms with E-state index in [0.29, 0.717) is 22.0 Å². The van der Waals surface area contributed by atoms with Gasteiger partial charge in [-0.15, -0.1) is 0 Å². The smallest absolute Gasteiger partial charge is 0.293 e. The second kappa shape index (κ2) is 7.97. The molecule has 0 bridgehead atoms. The van der Waals surface area contributed by atoms with E-state index in [0.717, 1.165) is 21.8 Å². The van der Waals surface area contributed by atoms with Gasteiger partial charge in [-0.05, 0) is 53.7 Å². The van der Waals surface area contributed by atoms with Crippen molar-refractivity contribution in [1.82, 2.24) is 4.90 Å². The Balaban J connectivity index is 1.86. The van der Waals surface area contributed by atoms with Crippen LogP contribution in [-0.2, 0) is 11.3 Å². The molecule has 134 valence electrons. The SMILES string of the molecule is COc1ccc(OC)c(/C=C2\SC(=O)N(Cc3ccc(Br)cc3)C2=O)c1. The molecule has 2 aromatic rings. The van der Waals surface area contributed by atoms with E-state index in [2.05, 4.69) is 15.9 Å². The maximum atomic E-state index is 12.7. The number of carbonyl (C=O) groups excluding carboxylic acids is 2. The fraction of sp³-hybridized carbons (Fsp3) is 0.158. The first-order valence-corrected chi connectivity index (χ1v) is 9.34. The molecule has 0 unspecified atom stereocenters. The number of hydrogen-bond donors (Lipinski definition) is 0. The number of hydrogen-bond acceptors (Lipinski definition) is 5. The molecule has 1 aliphatic rings. The highest BCUT2D eigenvalue weighted by molar-refractivity contribution is 9.10. The molecule has 0 N–H and O–H groups in total. The first-order valence-electron chi connectivity index (χ1n) is 7.73. The average molecular weight is 434 g/mol. The van der Waals surface area contributed by atoms with E-state index in [1.54, 1.807) is 38.5 Å². The summed E-state index contributed by atoms with van der Waals surface area (Å²) in [4.78, 5) is 26.6. The number of carbonyl (C=O) groups is 2. The van der Waals surface area contributed by atoms with E-state index < -0.39 is 0 Å². The number of ether oxygens (including phenoxy) is 2. The van der Waals surface area contributed by atoms with Gasteiger partial charge in [0.2, 0.25) is 0 Å². The molecule has 1 saturated heterocycles. The summed E-state index contributed by atoms with van der Waals surface area (Å²) in [6, 6.07) is 12.8. The van der Waals surface area contributed by atoms with Crippen molar-refractivity contribution >= 4 is 44.9 Å². The molecule has 2 amide bonds. The molecule has 3 rings (SSSR count). The van der Waals surface area contributed by atoms with Crippen LogP contribution in [0.2, 0.25) is 0 Å². The number of nitrogens with zero attached hydrogens (tertiary/aromatic N) is 1. The second-order valence-corrected chi connectivity index (χ2v) is 7.41. The molecule has 26 heavy (non-hydrogen) atoms. The van der Waals surface area contributed by atoms with Crippen molar-refractivity contribution in [3.8, 4) is 11.5 Å². The van der Waals surface area contributed by atoms with Crippen LogP contribution in [0.5, 0.6) is 11.5 Å². The molecular weight excluding hydrogens is 418 g/mol. The number of thioether (sulfide) groups is 1. The van der Waals surface area contributed by atoms with Gasteiger partial charge < -0.3 is 9.47 Å². The maximum absolute atomic E-state index is 12.7. The van der Waals surface area contributed by atoms with E-state index in [4.69, 9.17) is 9.47 Å². The Morgan fingerprint density at radius 2 is 1.81 bits per heavy atom. The fourth-order valence-corrected chi connectivity index (χ4v) is 3.60. The molecule has 2 aromatic carbocycles. The van der Waals surface area contributed by atoms with Crippen LogP contribution in [0.15, 0.2) is 51.8 Å². The van der Waals surface area contributed by atoms with Crippen LogP contribution in [0.4, 0.5) is 4.79 Å². The van der Waals surface area contributed by atoms with Gasteiger partial charge in [0.1, 0.15) is 11.5 Å². The van der Waals surface area contributed by atoms with Crippen LogP contribution in [0, 0.1) is 0 Å². The van der Waals surface area contributed by atoms with Gasteiger partial charge in [-0.25, -0.2) is 0 Å². The Morgan fingerprint density at radius 1 is 1.08 bits per heavy atom. The monoisotopic (exact) mass is 433 g/mol. The van der Waals surface area contributed by atoms with Crippen LogP contribution < -0.4 is 9.47 Å². The highest BCUT2D eigenvalue weighted by Gasteiger charge is 2.35. The minimum absolute atomic E-state index is 0.241. The highest BCUT2D eigenvalue weighted by atomic mass is 79.9. The molecule has 0 aromatic heterocycles. The summed E-state index contributed by atoms with van der Waals surface area (Å²) >= 11 is 4.30. The van der Waals surface area contributed by atoms with Crippen LogP contribution >= 0.6 is 27.7 Å². The molecule has 1 heterocycles. The predicted octanol–water partition coefficient (Wildman–Crippen LogP) is 4.70. The Hall–Kier alpha value is -2.25. The van der Waals surface area contributed by atoms with E-state index in [-0.39, 0.29) is 17.7 Å². The molecular formula is C19H16BrNO4S. The quantitative estimate of drug-likeness (QED) is 0.639. The van der Waals surface area contributed by atoms with Gasteiger partial charge >= 0.3 is 0 Å². The summed E-state index contributed by atoms with van der Waals surface area (Å²) in [6.45, 7) is 0.241. The van der Waals surface area contributed by atoms with Crippen molar-refractivity contribution in [2.45, 2.75) is 6.54 Å². The number of benzene rings is 2. The molecule has 5 nitrogen and oxygen atoms in total. The summed E-state index contributed by atoms with van der Waals surface area (Å²) in [7, 11) is 3.12. The van der Waals surface area contributed by atoms with Crippen molar-refractivity contribution in [3.05, 3.63) is 63.0 Å². The van der Waals surface area contributed by atoms with Gasteiger partial charge in [0, 0.05) is 10.0 Å². The van der Waals surface area contributed by atoms with Crippen molar-refractivity contribution in [3.63, 3.8) is 0 Å². The minimum Gasteiger partial charge on any atom is -0.497 e. The van der Waals surface area contributed by atoms with Crippen molar-refractivity contribution in [2.24, 2.45) is 0 Å². The fourth-order valence-electron chi connectivity index (χ4n) is 2.50. The standard InChI is InChI=1S/C19H16BrNO4S/c1-24-15-7-8-16(25-2)13(9-15)10-17-18(22)21(19(23)26-17)11-12-3-5-14(20)6-4-12/h3-10H,11H2,1-2H3/b17-10-. The van der Waals surface area contributed by atoms with E-state index in [1.807, 2.05) is 24.3 Å². The van der Waals surface area contributed by atoms with E-state index >= 15 is 0 Å². The van der Waals surface area contributed by atoms with Crippen molar-refractivity contribution < 1.29 is 19.1 Å². The Morgan fingerprint density at radius 3 is 2.46 bits per heavy atom. The summed E-state index contributed by atoms with van der Waals surface area (Å²) in [5.41, 5.74) is 1.57. The zero-order chi connectivity index (χ0) is 18.7. The largest absolute Gasteiger partial charge is 0.497 e. The number of imide groups is 1. The number of amides is 2. The average Bonchev–Trinajstić information content (AvgIpc) is 2.90. The second-order valence-electron chi connectivity index (χ2n) is 5.50. The van der Waals surface area contributed by atoms with Gasteiger partial charge in [0.15, 0.2) is 0 Å². The number of methoxy groups -OCH3 is 2. The zero-order valence-corrected chi connectivity index (χ0v) is 16.6. The lowest BCUT2D eigenvalue weighted by atomic mass is 10.1. The van der Waals surface area contributed by atoms with Gasteiger partial charge in [0.05, 0.1) is 25.7 Å². The Labute approximate surface area is 164 Å². The van der Waals surface area contributed by atoms with Gasteiger partial charge in [-0.2, -0.15) is 0 Å². The van der Waals surface area contributed by atoms with Crippen molar-refractivity contribution in [1.29, 1.82) is 0 Å². The zero-order valence-electron chi connectivity index (χ0n) is 14.2. The van der Waals surface area contributed by atoms with Gasteiger partial charge in [-0.1, -0.05) is 28.1 Å². The molecule has 0 aliphatic carbocycles. The lowest BCUT2D eigenvalue weighted by Crippen LogP contribution is -2.27. The lowest BCUT2D eigenvalue weighted by Gasteiger charge is -2.12.